The molecule has 1 aliphatic carbocycles. The van der Waals surface area contributed by atoms with E-state index >= 15 is 0 Å². The van der Waals surface area contributed by atoms with E-state index in [0.29, 0.717) is 16.9 Å². The third kappa shape index (κ3) is 3.87. The monoisotopic (exact) mass is 501 g/mol. The zero-order valence-corrected chi connectivity index (χ0v) is 21.0. The number of benzene rings is 2. The second-order valence-corrected chi connectivity index (χ2v) is 10.0. The predicted molar refractivity (Wildman–Crippen MR) is 134 cm³/mol. The van der Waals surface area contributed by atoms with Crippen LogP contribution < -0.4 is 5.73 Å². The molecule has 9 nitrogen and oxygen atoms in total. The molecule has 0 saturated heterocycles. The van der Waals surface area contributed by atoms with E-state index in [2.05, 4.69) is 4.98 Å². The first-order valence-corrected chi connectivity index (χ1v) is 11.9. The van der Waals surface area contributed by atoms with Gasteiger partial charge in [0.25, 0.3) is 6.01 Å². The first-order chi connectivity index (χ1) is 17.5. The van der Waals surface area contributed by atoms with Crippen molar-refractivity contribution in [2.75, 3.05) is 12.3 Å². The predicted octanol–water partition coefficient (Wildman–Crippen LogP) is 3.72. The van der Waals surface area contributed by atoms with Crippen LogP contribution in [0.5, 0.6) is 0 Å². The maximum atomic E-state index is 14.3. The number of carbonyl (C=O) groups excluding carboxylic acids is 3. The molecule has 0 unspecified atom stereocenters. The van der Waals surface area contributed by atoms with E-state index in [1.807, 2.05) is 30.3 Å². The molecule has 1 atom stereocenters. The molecule has 190 valence electrons. The highest BCUT2D eigenvalue weighted by Gasteiger charge is 2.64. The number of allylic oxidation sites excluding steroid dienone is 1. The molecule has 37 heavy (non-hydrogen) atoms. The summed E-state index contributed by atoms with van der Waals surface area (Å²) in [5, 5.41) is 0. The number of ether oxygens (including phenoxy) is 2. The Bertz CT molecular complexity index is 1450. The molecule has 2 aromatic carbocycles. The molecule has 2 N–H and O–H groups in total. The summed E-state index contributed by atoms with van der Waals surface area (Å²) in [7, 11) is 0. The summed E-state index contributed by atoms with van der Waals surface area (Å²) in [6.45, 7) is 6.50. The number of oxazole rings is 1. The van der Waals surface area contributed by atoms with Gasteiger partial charge >= 0.3 is 11.9 Å². The lowest BCUT2D eigenvalue weighted by molar-refractivity contribution is -0.151. The number of nitrogen functional groups attached to an aromatic ring is 1. The van der Waals surface area contributed by atoms with Crippen molar-refractivity contribution in [2.45, 2.75) is 45.3 Å². The number of hydrogen-bond donors (Lipinski definition) is 1. The fourth-order valence-electron chi connectivity index (χ4n) is 4.98. The van der Waals surface area contributed by atoms with E-state index in [4.69, 9.17) is 19.6 Å². The van der Waals surface area contributed by atoms with Gasteiger partial charge in [0.05, 0.1) is 5.57 Å². The summed E-state index contributed by atoms with van der Waals surface area (Å²) in [6, 6.07) is 16.2. The van der Waals surface area contributed by atoms with Crippen molar-refractivity contribution in [1.82, 2.24) is 9.88 Å². The number of esters is 2. The van der Waals surface area contributed by atoms with Crippen LogP contribution in [0.4, 0.5) is 6.01 Å². The number of amides is 1. The molecule has 2 aliphatic rings. The Kier molecular flexibility index (Phi) is 5.66. The Labute approximate surface area is 213 Å². The molecule has 5 rings (SSSR count). The zero-order valence-electron chi connectivity index (χ0n) is 21.0. The SMILES string of the molecule is CC1=C(C(=O)OC(C)(C)C)[C@]2(C(=O)N1CC(=O)OCc1ccccc1)c1ccccc1-c1oc(N)nc12. The summed E-state index contributed by atoms with van der Waals surface area (Å²) >= 11 is 0. The largest absolute Gasteiger partial charge is 0.459 e. The zero-order chi connectivity index (χ0) is 26.5. The highest BCUT2D eigenvalue weighted by Crippen LogP contribution is 2.57. The average molecular weight is 502 g/mol. The summed E-state index contributed by atoms with van der Waals surface area (Å²) in [5.41, 5.74) is 5.88. The van der Waals surface area contributed by atoms with Crippen molar-refractivity contribution in [2.24, 2.45) is 0 Å². The standard InChI is InChI=1S/C28H27N3O6/c1-16-21(24(33)37-27(2,3)4)28(19-13-9-8-12-18(19)22-23(28)30-26(29)36-22)25(34)31(16)14-20(32)35-15-17-10-6-5-7-11-17/h5-13H,14-15H2,1-4H3,(H2,29,30)/t28-/m1/s1. The molecular weight excluding hydrogens is 474 g/mol. The van der Waals surface area contributed by atoms with Gasteiger partial charge in [-0.2, -0.15) is 4.98 Å². The maximum absolute atomic E-state index is 14.3. The molecule has 0 radical (unpaired) electrons. The van der Waals surface area contributed by atoms with Crippen LogP contribution in [0.2, 0.25) is 0 Å². The first-order valence-electron chi connectivity index (χ1n) is 11.9. The van der Waals surface area contributed by atoms with Crippen LogP contribution in [0.1, 0.15) is 44.5 Å². The number of anilines is 1. The lowest BCUT2D eigenvalue weighted by Gasteiger charge is -2.28. The molecule has 9 heteroatoms. The molecule has 1 aliphatic heterocycles. The van der Waals surface area contributed by atoms with Gasteiger partial charge in [-0.3, -0.25) is 9.59 Å². The second kappa shape index (κ2) is 8.62. The average Bonchev–Trinajstić information content (AvgIpc) is 3.42. The molecule has 0 saturated carbocycles. The van der Waals surface area contributed by atoms with Crippen LogP contribution in [0, 0.1) is 0 Å². The van der Waals surface area contributed by atoms with Crippen LogP contribution in [-0.2, 0) is 35.9 Å². The quantitative estimate of drug-likeness (QED) is 0.525. The molecule has 0 fully saturated rings. The van der Waals surface area contributed by atoms with Crippen LogP contribution in [0.3, 0.4) is 0 Å². The Morgan fingerprint density at radius 1 is 1.08 bits per heavy atom. The van der Waals surface area contributed by atoms with Gasteiger partial charge in [-0.1, -0.05) is 54.6 Å². The fraction of sp³-hybridized carbons (Fsp3) is 0.286. The van der Waals surface area contributed by atoms with Gasteiger partial charge in [0, 0.05) is 11.3 Å². The number of fused-ring (bicyclic) bond motifs is 5. The molecule has 1 spiro atoms. The summed E-state index contributed by atoms with van der Waals surface area (Å²) in [6.07, 6.45) is 0. The Hall–Kier alpha value is -4.40. The Balaban J connectivity index is 1.59. The van der Waals surface area contributed by atoms with Crippen LogP contribution >= 0.6 is 0 Å². The molecular formula is C28H27N3O6. The smallest absolute Gasteiger partial charge is 0.338 e. The Morgan fingerprint density at radius 3 is 2.46 bits per heavy atom. The minimum Gasteiger partial charge on any atom is -0.459 e. The molecule has 2 heterocycles. The molecule has 1 amide bonds. The number of hydrogen-bond acceptors (Lipinski definition) is 8. The number of nitrogens with zero attached hydrogens (tertiary/aromatic N) is 2. The lowest BCUT2D eigenvalue weighted by Crippen LogP contribution is -2.44. The molecule has 0 bridgehead atoms. The van der Waals surface area contributed by atoms with Crippen molar-refractivity contribution in [1.29, 1.82) is 0 Å². The Morgan fingerprint density at radius 2 is 1.76 bits per heavy atom. The topological polar surface area (TPSA) is 125 Å². The van der Waals surface area contributed by atoms with Gasteiger partial charge in [-0.05, 0) is 38.8 Å². The van der Waals surface area contributed by atoms with Crippen molar-refractivity contribution >= 4 is 23.9 Å². The normalized spacial score (nSPS) is 18.3. The molecule has 3 aromatic rings. The third-order valence-corrected chi connectivity index (χ3v) is 6.42. The summed E-state index contributed by atoms with van der Waals surface area (Å²) in [5.74, 6) is -1.53. The number of aromatic nitrogens is 1. The van der Waals surface area contributed by atoms with E-state index in [0.717, 1.165) is 5.56 Å². The van der Waals surface area contributed by atoms with Gasteiger partial charge in [-0.15, -0.1) is 0 Å². The fourth-order valence-corrected chi connectivity index (χ4v) is 4.98. The number of carbonyl (C=O) groups is 3. The number of nitrogens with two attached hydrogens (primary N) is 1. The number of rotatable bonds is 5. The highest BCUT2D eigenvalue weighted by atomic mass is 16.6. The third-order valence-electron chi connectivity index (χ3n) is 6.42. The van der Waals surface area contributed by atoms with E-state index in [1.165, 1.54) is 4.90 Å². The van der Waals surface area contributed by atoms with Crippen LogP contribution in [0.15, 0.2) is 70.3 Å². The highest BCUT2D eigenvalue weighted by molar-refractivity contribution is 6.14. The van der Waals surface area contributed by atoms with Crippen LogP contribution in [0.25, 0.3) is 11.3 Å². The van der Waals surface area contributed by atoms with Gasteiger partial charge in [0.2, 0.25) is 5.91 Å². The van der Waals surface area contributed by atoms with Crippen molar-refractivity contribution in [3.05, 3.63) is 82.7 Å². The summed E-state index contributed by atoms with van der Waals surface area (Å²) in [4.78, 5) is 46.5. The first kappa shape index (κ1) is 24.3. The van der Waals surface area contributed by atoms with Crippen molar-refractivity contribution in [3.63, 3.8) is 0 Å². The van der Waals surface area contributed by atoms with E-state index in [1.54, 1.807) is 52.0 Å². The van der Waals surface area contributed by atoms with Gasteiger partial charge in [-0.25, -0.2) is 4.79 Å². The maximum Gasteiger partial charge on any atom is 0.338 e. The van der Waals surface area contributed by atoms with Gasteiger partial charge < -0.3 is 24.5 Å². The second-order valence-electron chi connectivity index (χ2n) is 10.0. The minimum atomic E-state index is -1.67. The lowest BCUT2D eigenvalue weighted by atomic mass is 9.74. The van der Waals surface area contributed by atoms with Crippen molar-refractivity contribution in [3.8, 4) is 11.3 Å². The van der Waals surface area contributed by atoms with Gasteiger partial charge in [0.15, 0.2) is 11.2 Å². The van der Waals surface area contributed by atoms with E-state index < -0.39 is 35.4 Å². The molecule has 1 aromatic heterocycles. The van der Waals surface area contributed by atoms with Crippen LogP contribution in [-0.4, -0.2) is 39.9 Å². The van der Waals surface area contributed by atoms with E-state index in [-0.39, 0.29) is 29.6 Å². The minimum absolute atomic E-state index is 0.0569. The van der Waals surface area contributed by atoms with E-state index in [9.17, 15) is 14.4 Å². The summed E-state index contributed by atoms with van der Waals surface area (Å²) < 4.78 is 16.9. The van der Waals surface area contributed by atoms with Gasteiger partial charge in [0.1, 0.15) is 24.4 Å². The van der Waals surface area contributed by atoms with Crippen molar-refractivity contribution < 1.29 is 28.3 Å².